The van der Waals surface area contributed by atoms with E-state index in [0.29, 0.717) is 6.54 Å². The lowest BCUT2D eigenvalue weighted by Crippen LogP contribution is -2.39. The Kier molecular flexibility index (Phi) is 7.14. The van der Waals surface area contributed by atoms with Gasteiger partial charge in [0.05, 0.1) is 11.4 Å². The molecule has 1 aromatic rings. The zero-order valence-electron chi connectivity index (χ0n) is 15.7. The number of rotatable bonds is 11. The number of anilines is 1. The average molecular weight is 369 g/mol. The highest BCUT2D eigenvalue weighted by atomic mass is 32.2. The molecule has 0 aliphatic heterocycles. The molecule has 6 heteroatoms. The molecule has 0 bridgehead atoms. The predicted molar refractivity (Wildman–Crippen MR) is 104 cm³/mol. The molecule has 0 saturated heterocycles. The number of sulfonamides is 1. The van der Waals surface area contributed by atoms with Crippen molar-refractivity contribution in [3.8, 4) is 5.75 Å². The standard InChI is InChI=1S/C19H32N2O3S/c1-19(2,3)25(22,23)21-13-6-4-5-12-20-17-8-7-9-18(14-17)24-15-16-10-11-16/h7-9,14,16,20-21H,4-6,10-13,15H2,1-3H3. The van der Waals surface area contributed by atoms with Crippen LogP contribution in [0.4, 0.5) is 5.69 Å². The number of nitrogens with one attached hydrogen (secondary N) is 2. The van der Waals surface area contributed by atoms with Gasteiger partial charge in [0.2, 0.25) is 10.0 Å². The molecule has 0 spiro atoms. The second-order valence-electron chi connectivity index (χ2n) is 7.78. The van der Waals surface area contributed by atoms with Gasteiger partial charge >= 0.3 is 0 Å². The molecule has 0 unspecified atom stereocenters. The molecule has 1 fully saturated rings. The second kappa shape index (κ2) is 8.90. The van der Waals surface area contributed by atoms with Crippen molar-refractivity contribution in [2.24, 2.45) is 5.92 Å². The highest BCUT2D eigenvalue weighted by molar-refractivity contribution is 7.90. The van der Waals surface area contributed by atoms with Gasteiger partial charge in [-0.1, -0.05) is 12.5 Å². The van der Waals surface area contributed by atoms with Crippen molar-refractivity contribution >= 4 is 15.7 Å². The summed E-state index contributed by atoms with van der Waals surface area (Å²) >= 11 is 0. The Labute approximate surface area is 152 Å². The first-order chi connectivity index (χ1) is 11.8. The number of hydrogen-bond donors (Lipinski definition) is 2. The maximum atomic E-state index is 11.9. The smallest absolute Gasteiger partial charge is 0.216 e. The Morgan fingerprint density at radius 3 is 2.52 bits per heavy atom. The van der Waals surface area contributed by atoms with Crippen molar-refractivity contribution in [3.05, 3.63) is 24.3 Å². The number of benzene rings is 1. The third-order valence-corrected chi connectivity index (χ3v) is 6.49. The summed E-state index contributed by atoms with van der Waals surface area (Å²) in [5, 5.41) is 3.40. The summed E-state index contributed by atoms with van der Waals surface area (Å²) in [5.41, 5.74) is 1.07. The van der Waals surface area contributed by atoms with E-state index < -0.39 is 14.8 Å². The Morgan fingerprint density at radius 1 is 1.12 bits per heavy atom. The van der Waals surface area contributed by atoms with Crippen molar-refractivity contribution in [2.75, 3.05) is 25.0 Å². The largest absolute Gasteiger partial charge is 0.493 e. The molecule has 1 saturated carbocycles. The SMILES string of the molecule is CC(C)(C)S(=O)(=O)NCCCCCNc1cccc(OCC2CC2)c1. The zero-order valence-corrected chi connectivity index (χ0v) is 16.5. The van der Waals surface area contributed by atoms with Gasteiger partial charge in [0, 0.05) is 24.8 Å². The molecule has 142 valence electrons. The minimum absolute atomic E-state index is 0.504. The quantitative estimate of drug-likeness (QED) is 0.583. The van der Waals surface area contributed by atoms with Gasteiger partial charge in [0.25, 0.3) is 0 Å². The van der Waals surface area contributed by atoms with E-state index >= 15 is 0 Å². The van der Waals surface area contributed by atoms with Gasteiger partial charge in [-0.15, -0.1) is 0 Å². The highest BCUT2D eigenvalue weighted by Crippen LogP contribution is 2.30. The van der Waals surface area contributed by atoms with E-state index in [4.69, 9.17) is 4.74 Å². The van der Waals surface area contributed by atoms with Crippen molar-refractivity contribution in [3.63, 3.8) is 0 Å². The Bertz CT molecular complexity index is 634. The highest BCUT2D eigenvalue weighted by Gasteiger charge is 2.27. The first-order valence-electron chi connectivity index (χ1n) is 9.24. The molecule has 2 rings (SSSR count). The summed E-state index contributed by atoms with van der Waals surface area (Å²) in [5.74, 6) is 1.68. The van der Waals surface area contributed by atoms with Crippen LogP contribution in [0.3, 0.4) is 0 Å². The molecule has 5 nitrogen and oxygen atoms in total. The van der Waals surface area contributed by atoms with E-state index in [9.17, 15) is 8.42 Å². The van der Waals surface area contributed by atoms with E-state index in [2.05, 4.69) is 10.0 Å². The van der Waals surface area contributed by atoms with Crippen molar-refractivity contribution in [2.45, 2.75) is 57.6 Å². The van der Waals surface area contributed by atoms with E-state index in [1.807, 2.05) is 24.3 Å². The summed E-state index contributed by atoms with van der Waals surface area (Å²) in [7, 11) is -3.23. The summed E-state index contributed by atoms with van der Waals surface area (Å²) in [6.45, 7) is 7.33. The van der Waals surface area contributed by atoms with Crippen LogP contribution in [-0.4, -0.2) is 32.9 Å². The van der Waals surface area contributed by atoms with Gasteiger partial charge < -0.3 is 10.1 Å². The maximum Gasteiger partial charge on any atom is 0.216 e. The van der Waals surface area contributed by atoms with Crippen LogP contribution >= 0.6 is 0 Å². The van der Waals surface area contributed by atoms with E-state index in [-0.39, 0.29) is 0 Å². The normalized spacial score (nSPS) is 15.2. The fourth-order valence-electron chi connectivity index (χ4n) is 2.28. The first-order valence-corrected chi connectivity index (χ1v) is 10.7. The van der Waals surface area contributed by atoms with E-state index in [1.54, 1.807) is 20.8 Å². The molecule has 1 aromatic carbocycles. The predicted octanol–water partition coefficient (Wildman–Crippen LogP) is 3.78. The fraction of sp³-hybridized carbons (Fsp3) is 0.684. The minimum atomic E-state index is -3.23. The molecule has 0 aromatic heterocycles. The van der Waals surface area contributed by atoms with Gasteiger partial charge in [0.15, 0.2) is 0 Å². The number of unbranched alkanes of at least 4 members (excludes halogenated alkanes) is 2. The lowest BCUT2D eigenvalue weighted by atomic mass is 10.2. The van der Waals surface area contributed by atoms with Crippen molar-refractivity contribution < 1.29 is 13.2 Å². The fourth-order valence-corrected chi connectivity index (χ4v) is 3.12. The summed E-state index contributed by atoms with van der Waals surface area (Å²) in [6.07, 6.45) is 5.43. The molecule has 25 heavy (non-hydrogen) atoms. The summed E-state index contributed by atoms with van der Waals surface area (Å²) in [6, 6.07) is 8.09. The van der Waals surface area contributed by atoms with E-state index in [1.165, 1.54) is 12.8 Å². The van der Waals surface area contributed by atoms with Gasteiger partial charge in [-0.05, 0) is 64.5 Å². The number of ether oxygens (including phenoxy) is 1. The molecule has 0 heterocycles. The molecule has 1 aliphatic carbocycles. The average Bonchev–Trinajstić information content (AvgIpc) is 3.35. The summed E-state index contributed by atoms with van der Waals surface area (Å²) in [4.78, 5) is 0. The number of hydrogen-bond acceptors (Lipinski definition) is 4. The van der Waals surface area contributed by atoms with Crippen molar-refractivity contribution in [1.82, 2.24) is 4.72 Å². The third-order valence-electron chi connectivity index (χ3n) is 4.30. The van der Waals surface area contributed by atoms with Crippen LogP contribution in [0.15, 0.2) is 24.3 Å². The maximum absolute atomic E-state index is 11.9. The molecule has 0 amide bonds. The molecular weight excluding hydrogens is 336 g/mol. The van der Waals surface area contributed by atoms with Crippen LogP contribution in [0.1, 0.15) is 52.9 Å². The Morgan fingerprint density at radius 2 is 1.84 bits per heavy atom. The zero-order chi connectivity index (χ0) is 18.3. The topological polar surface area (TPSA) is 67.4 Å². The first kappa shape index (κ1) is 20.0. The lowest BCUT2D eigenvalue weighted by molar-refractivity contribution is 0.300. The van der Waals surface area contributed by atoms with Crippen LogP contribution in [0.25, 0.3) is 0 Å². The van der Waals surface area contributed by atoms with Crippen LogP contribution in [0.5, 0.6) is 5.75 Å². The second-order valence-corrected chi connectivity index (χ2v) is 10.3. The molecule has 2 N–H and O–H groups in total. The van der Waals surface area contributed by atoms with Crippen molar-refractivity contribution in [1.29, 1.82) is 0 Å². The van der Waals surface area contributed by atoms with E-state index in [0.717, 1.165) is 49.8 Å². The third kappa shape index (κ3) is 7.24. The summed E-state index contributed by atoms with van der Waals surface area (Å²) < 4.78 is 31.6. The van der Waals surface area contributed by atoms with Gasteiger partial charge in [-0.3, -0.25) is 0 Å². The molecular formula is C19H32N2O3S. The van der Waals surface area contributed by atoms with Crippen LogP contribution in [0.2, 0.25) is 0 Å². The van der Waals surface area contributed by atoms with Gasteiger partial charge in [-0.25, -0.2) is 13.1 Å². The van der Waals surface area contributed by atoms with Gasteiger partial charge in [0.1, 0.15) is 5.75 Å². The molecule has 0 atom stereocenters. The molecule has 0 radical (unpaired) electrons. The van der Waals surface area contributed by atoms with Crippen LogP contribution in [-0.2, 0) is 10.0 Å². The van der Waals surface area contributed by atoms with Gasteiger partial charge in [-0.2, -0.15) is 0 Å². The van der Waals surface area contributed by atoms with Crippen LogP contribution in [0, 0.1) is 5.92 Å². The molecule has 1 aliphatic rings. The Hall–Kier alpha value is -1.27. The lowest BCUT2D eigenvalue weighted by Gasteiger charge is -2.19. The minimum Gasteiger partial charge on any atom is -0.493 e. The Balaban J connectivity index is 1.57. The van der Waals surface area contributed by atoms with Crippen LogP contribution < -0.4 is 14.8 Å². The monoisotopic (exact) mass is 368 g/mol.